The highest BCUT2D eigenvalue weighted by Crippen LogP contribution is 2.39. The summed E-state index contributed by atoms with van der Waals surface area (Å²) in [7, 11) is 0. The van der Waals surface area contributed by atoms with Crippen LogP contribution in [0.1, 0.15) is 36.9 Å². The molecule has 1 atom stereocenters. The van der Waals surface area contributed by atoms with E-state index >= 15 is 0 Å². The van der Waals surface area contributed by atoms with Gasteiger partial charge in [0.05, 0.1) is 0 Å². The minimum absolute atomic E-state index is 0.490. The summed E-state index contributed by atoms with van der Waals surface area (Å²) in [5.74, 6) is 0.490. The first-order chi connectivity index (χ1) is 9.29. The number of rotatable bonds is 3. The Hall–Kier alpha value is -1.06. The third-order valence-electron chi connectivity index (χ3n) is 4.60. The number of aromatic hydroxyl groups is 1. The van der Waals surface area contributed by atoms with Gasteiger partial charge in [-0.15, -0.1) is 0 Å². The fraction of sp³-hybridized carbons (Fsp3) is 0.625. The topological polar surface area (TPSA) is 26.7 Å². The van der Waals surface area contributed by atoms with Crippen molar-refractivity contribution >= 4 is 0 Å². The van der Waals surface area contributed by atoms with Gasteiger partial charge in [0, 0.05) is 32.2 Å². The Labute approximate surface area is 115 Å². The van der Waals surface area contributed by atoms with E-state index in [4.69, 9.17) is 0 Å². The van der Waals surface area contributed by atoms with Crippen molar-refractivity contribution < 1.29 is 5.11 Å². The minimum atomic E-state index is 0.490. The molecule has 1 heterocycles. The van der Waals surface area contributed by atoms with Crippen LogP contribution in [0, 0.1) is 0 Å². The average Bonchev–Trinajstić information content (AvgIpc) is 2.85. The summed E-state index contributed by atoms with van der Waals surface area (Å²) in [6.45, 7) is 8.20. The third kappa shape index (κ3) is 2.49. The minimum Gasteiger partial charge on any atom is -0.508 e. The molecule has 3 rings (SSSR count). The van der Waals surface area contributed by atoms with Crippen LogP contribution in [0.5, 0.6) is 5.75 Å². The first-order valence-electron chi connectivity index (χ1n) is 7.56. The first-order valence-corrected chi connectivity index (χ1v) is 7.56. The molecule has 1 aromatic carbocycles. The number of fused-ring (bicyclic) bond motifs is 1. The Morgan fingerprint density at radius 2 is 2.00 bits per heavy atom. The smallest absolute Gasteiger partial charge is 0.119 e. The molecule has 2 aliphatic rings. The van der Waals surface area contributed by atoms with Crippen LogP contribution in [0.2, 0.25) is 0 Å². The standard InChI is InChI=1S/C16H24N2O/c1-2-8-17-9-11-18(12-10-17)15-7-6-14-13(15)4-3-5-16(14)19/h3-5,15,19H,2,6-12H2,1H3. The monoisotopic (exact) mass is 260 g/mol. The molecule has 3 heteroatoms. The normalized spacial score (nSPS) is 24.6. The fourth-order valence-corrected chi connectivity index (χ4v) is 3.61. The molecule has 1 aliphatic carbocycles. The van der Waals surface area contributed by atoms with Gasteiger partial charge in [0.2, 0.25) is 0 Å². The second-order valence-electron chi connectivity index (χ2n) is 5.78. The summed E-state index contributed by atoms with van der Waals surface area (Å²) < 4.78 is 0. The van der Waals surface area contributed by atoms with Crippen LogP contribution >= 0.6 is 0 Å². The quantitative estimate of drug-likeness (QED) is 0.904. The van der Waals surface area contributed by atoms with Gasteiger partial charge in [-0.2, -0.15) is 0 Å². The summed E-state index contributed by atoms with van der Waals surface area (Å²) in [5, 5.41) is 9.93. The van der Waals surface area contributed by atoms with Crippen molar-refractivity contribution in [3.05, 3.63) is 29.3 Å². The highest BCUT2D eigenvalue weighted by Gasteiger charge is 2.31. The van der Waals surface area contributed by atoms with Gasteiger partial charge in [0.15, 0.2) is 0 Å². The van der Waals surface area contributed by atoms with E-state index in [2.05, 4.69) is 22.8 Å². The predicted molar refractivity (Wildman–Crippen MR) is 77.5 cm³/mol. The Bertz CT molecular complexity index is 438. The first kappa shape index (κ1) is 12.9. The van der Waals surface area contributed by atoms with Crippen molar-refractivity contribution in [3.63, 3.8) is 0 Å². The summed E-state index contributed by atoms with van der Waals surface area (Å²) >= 11 is 0. The largest absolute Gasteiger partial charge is 0.508 e. The molecule has 0 amide bonds. The van der Waals surface area contributed by atoms with E-state index in [0.29, 0.717) is 11.8 Å². The number of piperazine rings is 1. The molecule has 1 fully saturated rings. The zero-order chi connectivity index (χ0) is 13.2. The van der Waals surface area contributed by atoms with E-state index in [9.17, 15) is 5.11 Å². The van der Waals surface area contributed by atoms with Crippen molar-refractivity contribution in [1.82, 2.24) is 9.80 Å². The van der Waals surface area contributed by atoms with E-state index in [1.54, 1.807) is 0 Å². The van der Waals surface area contributed by atoms with Crippen LogP contribution in [0.15, 0.2) is 18.2 Å². The molecule has 0 bridgehead atoms. The zero-order valence-electron chi connectivity index (χ0n) is 11.8. The maximum atomic E-state index is 9.93. The average molecular weight is 260 g/mol. The Balaban J connectivity index is 1.68. The van der Waals surface area contributed by atoms with Gasteiger partial charge in [-0.1, -0.05) is 19.1 Å². The van der Waals surface area contributed by atoms with Gasteiger partial charge >= 0.3 is 0 Å². The van der Waals surface area contributed by atoms with Gasteiger partial charge in [-0.25, -0.2) is 0 Å². The molecule has 1 aliphatic heterocycles. The molecule has 1 unspecified atom stereocenters. The molecule has 104 valence electrons. The van der Waals surface area contributed by atoms with Crippen LogP contribution in [0.25, 0.3) is 0 Å². The summed E-state index contributed by atoms with van der Waals surface area (Å²) in [6, 6.07) is 6.54. The highest BCUT2D eigenvalue weighted by molar-refractivity contribution is 5.44. The summed E-state index contributed by atoms with van der Waals surface area (Å²) in [5.41, 5.74) is 2.55. The molecule has 0 radical (unpaired) electrons. The van der Waals surface area contributed by atoms with E-state index in [0.717, 1.165) is 6.42 Å². The van der Waals surface area contributed by atoms with Gasteiger partial charge in [-0.05, 0) is 43.0 Å². The van der Waals surface area contributed by atoms with Gasteiger partial charge in [-0.3, -0.25) is 4.90 Å². The van der Waals surface area contributed by atoms with E-state index < -0.39 is 0 Å². The Kier molecular flexibility index (Phi) is 3.76. The predicted octanol–water partition coefficient (Wildman–Crippen LogP) is 2.41. The van der Waals surface area contributed by atoms with Crippen LogP contribution in [0.4, 0.5) is 0 Å². The van der Waals surface area contributed by atoms with Crippen LogP contribution in [-0.2, 0) is 6.42 Å². The molecule has 19 heavy (non-hydrogen) atoms. The van der Waals surface area contributed by atoms with Crippen LogP contribution in [-0.4, -0.2) is 47.6 Å². The van der Waals surface area contributed by atoms with Gasteiger partial charge < -0.3 is 10.0 Å². The van der Waals surface area contributed by atoms with Crippen molar-refractivity contribution in [2.45, 2.75) is 32.2 Å². The lowest BCUT2D eigenvalue weighted by Crippen LogP contribution is -2.47. The van der Waals surface area contributed by atoms with Crippen LogP contribution in [0.3, 0.4) is 0 Å². The number of hydrogen-bond donors (Lipinski definition) is 1. The van der Waals surface area contributed by atoms with Crippen LogP contribution < -0.4 is 0 Å². The SMILES string of the molecule is CCCN1CCN(C2CCc3c(O)cccc32)CC1. The second kappa shape index (κ2) is 5.51. The zero-order valence-corrected chi connectivity index (χ0v) is 11.8. The number of phenolic OH excluding ortho intramolecular Hbond substituents is 1. The van der Waals surface area contributed by atoms with E-state index in [1.807, 2.05) is 12.1 Å². The Morgan fingerprint density at radius 1 is 1.21 bits per heavy atom. The molecule has 0 spiro atoms. The fourth-order valence-electron chi connectivity index (χ4n) is 3.61. The highest BCUT2D eigenvalue weighted by atomic mass is 16.3. The van der Waals surface area contributed by atoms with E-state index in [1.165, 1.54) is 56.7 Å². The molecule has 0 aromatic heterocycles. The number of hydrogen-bond acceptors (Lipinski definition) is 3. The maximum absolute atomic E-state index is 9.93. The lowest BCUT2D eigenvalue weighted by molar-refractivity contribution is 0.0961. The number of nitrogens with zero attached hydrogens (tertiary/aromatic N) is 2. The number of benzene rings is 1. The molecule has 1 aromatic rings. The van der Waals surface area contributed by atoms with Gasteiger partial charge in [0.25, 0.3) is 0 Å². The molecule has 3 nitrogen and oxygen atoms in total. The Morgan fingerprint density at radius 3 is 2.74 bits per heavy atom. The van der Waals surface area contributed by atoms with Crippen molar-refractivity contribution in [2.24, 2.45) is 0 Å². The second-order valence-corrected chi connectivity index (χ2v) is 5.78. The van der Waals surface area contributed by atoms with Crippen molar-refractivity contribution in [1.29, 1.82) is 0 Å². The molecule has 0 saturated carbocycles. The summed E-state index contributed by atoms with van der Waals surface area (Å²) in [6.07, 6.45) is 3.45. The van der Waals surface area contributed by atoms with Gasteiger partial charge in [0.1, 0.15) is 5.75 Å². The lowest BCUT2D eigenvalue weighted by Gasteiger charge is -2.38. The molecular formula is C16H24N2O. The maximum Gasteiger partial charge on any atom is 0.119 e. The molecule has 1 saturated heterocycles. The summed E-state index contributed by atoms with van der Waals surface area (Å²) in [4.78, 5) is 5.17. The third-order valence-corrected chi connectivity index (χ3v) is 4.60. The van der Waals surface area contributed by atoms with Crippen molar-refractivity contribution in [2.75, 3.05) is 32.7 Å². The molecule has 1 N–H and O–H groups in total. The number of phenols is 1. The molecular weight excluding hydrogens is 236 g/mol. The van der Waals surface area contributed by atoms with E-state index in [-0.39, 0.29) is 0 Å². The lowest BCUT2D eigenvalue weighted by atomic mass is 10.1. The van der Waals surface area contributed by atoms with Crippen molar-refractivity contribution in [3.8, 4) is 5.75 Å².